The number of imidazole rings is 1. The third kappa shape index (κ3) is 4.55. The highest BCUT2D eigenvalue weighted by molar-refractivity contribution is 5.89. The van der Waals surface area contributed by atoms with E-state index in [2.05, 4.69) is 20.3 Å². The molecule has 2 heterocycles. The number of carbonyl (C=O) groups excluding carboxylic acids is 1. The molecule has 6 nitrogen and oxygen atoms in total. The van der Waals surface area contributed by atoms with Crippen molar-refractivity contribution in [2.24, 2.45) is 5.92 Å². The maximum Gasteiger partial charge on any atom is 0.416 e. The van der Waals surface area contributed by atoms with Crippen molar-refractivity contribution in [2.75, 3.05) is 5.32 Å². The minimum atomic E-state index is -4.45. The minimum Gasteiger partial charge on any atom is -0.365 e. The van der Waals surface area contributed by atoms with Crippen LogP contribution in [0.3, 0.4) is 0 Å². The zero-order chi connectivity index (χ0) is 25.4. The molecule has 1 atom stereocenters. The van der Waals surface area contributed by atoms with Crippen molar-refractivity contribution in [3.8, 4) is 11.4 Å². The molecule has 186 valence electrons. The number of aldehydes is 1. The summed E-state index contributed by atoms with van der Waals surface area (Å²) in [6, 6.07) is 10.9. The van der Waals surface area contributed by atoms with Crippen LogP contribution in [0.1, 0.15) is 47.9 Å². The van der Waals surface area contributed by atoms with Crippen molar-refractivity contribution >= 4 is 23.3 Å². The number of halogens is 4. The number of nitrogens with one attached hydrogen (secondary N) is 1. The summed E-state index contributed by atoms with van der Waals surface area (Å²) in [4.78, 5) is 24.7. The largest absolute Gasteiger partial charge is 0.416 e. The molecule has 10 heteroatoms. The molecule has 0 bridgehead atoms. The molecular formula is C26H23F4N5O. The Labute approximate surface area is 204 Å². The number of hydrogen-bond acceptors (Lipinski definition) is 5. The molecule has 1 saturated carbocycles. The van der Waals surface area contributed by atoms with E-state index in [1.807, 2.05) is 6.92 Å². The van der Waals surface area contributed by atoms with Crippen molar-refractivity contribution in [1.29, 1.82) is 0 Å². The summed E-state index contributed by atoms with van der Waals surface area (Å²) in [7, 11) is 0. The van der Waals surface area contributed by atoms with Crippen molar-refractivity contribution in [3.05, 3.63) is 71.3 Å². The zero-order valence-electron chi connectivity index (χ0n) is 19.4. The summed E-state index contributed by atoms with van der Waals surface area (Å²) in [6.45, 7) is 2.13. The van der Waals surface area contributed by atoms with Gasteiger partial charge in [0.05, 0.1) is 11.1 Å². The van der Waals surface area contributed by atoms with Gasteiger partial charge in [-0.15, -0.1) is 0 Å². The van der Waals surface area contributed by atoms with E-state index in [1.54, 1.807) is 22.8 Å². The van der Waals surface area contributed by atoms with Crippen LogP contribution in [0.4, 0.5) is 23.4 Å². The van der Waals surface area contributed by atoms with Gasteiger partial charge in [0.2, 0.25) is 0 Å². The predicted octanol–water partition coefficient (Wildman–Crippen LogP) is 6.11. The molecule has 36 heavy (non-hydrogen) atoms. The Bertz CT molecular complexity index is 1410. The van der Waals surface area contributed by atoms with Crippen LogP contribution in [0.2, 0.25) is 0 Å². The third-order valence-corrected chi connectivity index (χ3v) is 6.68. The first-order valence-electron chi connectivity index (χ1n) is 11.7. The second-order valence-electron chi connectivity index (χ2n) is 9.04. The normalized spacial score (nSPS) is 15.0. The fourth-order valence-corrected chi connectivity index (χ4v) is 4.46. The van der Waals surface area contributed by atoms with E-state index in [0.29, 0.717) is 29.1 Å². The second kappa shape index (κ2) is 9.33. The van der Waals surface area contributed by atoms with Gasteiger partial charge in [-0.1, -0.05) is 30.7 Å². The van der Waals surface area contributed by atoms with Crippen LogP contribution in [-0.4, -0.2) is 31.8 Å². The summed E-state index contributed by atoms with van der Waals surface area (Å²) in [5, 5.41) is 3.38. The summed E-state index contributed by atoms with van der Waals surface area (Å²) >= 11 is 0. The first kappa shape index (κ1) is 23.9. The Hall–Kier alpha value is -3.82. The van der Waals surface area contributed by atoms with Gasteiger partial charge in [0.15, 0.2) is 23.6 Å². The molecular weight excluding hydrogens is 474 g/mol. The lowest BCUT2D eigenvalue weighted by Crippen LogP contribution is -2.31. The van der Waals surface area contributed by atoms with Crippen LogP contribution in [0.5, 0.6) is 0 Å². The first-order valence-corrected chi connectivity index (χ1v) is 11.7. The number of aromatic nitrogens is 4. The van der Waals surface area contributed by atoms with Gasteiger partial charge >= 0.3 is 6.18 Å². The molecule has 1 N–H and O–H groups in total. The molecule has 4 aromatic rings. The Morgan fingerprint density at radius 3 is 2.42 bits per heavy atom. The van der Waals surface area contributed by atoms with Gasteiger partial charge in [-0.2, -0.15) is 13.2 Å². The number of fused-ring (bicyclic) bond motifs is 1. The number of carbonyl (C=O) groups is 1. The Balaban J connectivity index is 1.67. The van der Waals surface area contributed by atoms with E-state index < -0.39 is 17.6 Å². The van der Waals surface area contributed by atoms with Crippen LogP contribution >= 0.6 is 0 Å². The Morgan fingerprint density at radius 2 is 1.81 bits per heavy atom. The second-order valence-corrected chi connectivity index (χ2v) is 9.04. The number of nitrogens with zero attached hydrogens (tertiary/aromatic N) is 4. The molecule has 1 aliphatic carbocycles. The Kier molecular flexibility index (Phi) is 6.19. The maximum absolute atomic E-state index is 14.8. The van der Waals surface area contributed by atoms with Gasteiger partial charge in [0.1, 0.15) is 17.2 Å². The molecule has 0 amide bonds. The van der Waals surface area contributed by atoms with Crippen LogP contribution < -0.4 is 5.32 Å². The zero-order valence-corrected chi connectivity index (χ0v) is 19.4. The smallest absolute Gasteiger partial charge is 0.365 e. The molecule has 0 aliphatic heterocycles. The van der Waals surface area contributed by atoms with Gasteiger partial charge in [-0.25, -0.2) is 19.3 Å². The summed E-state index contributed by atoms with van der Waals surface area (Å²) in [5.41, 5.74) is 0.641. The number of hydrogen-bond donors (Lipinski definition) is 1. The van der Waals surface area contributed by atoms with Crippen molar-refractivity contribution < 1.29 is 22.4 Å². The number of rotatable bonds is 7. The lowest BCUT2D eigenvalue weighted by atomic mass is 9.80. The minimum absolute atomic E-state index is 0.0580. The molecule has 0 unspecified atom stereocenters. The van der Waals surface area contributed by atoms with Gasteiger partial charge in [-0.05, 0) is 55.5 Å². The fraction of sp³-hybridized carbons (Fsp3) is 0.308. The number of alkyl halides is 3. The molecule has 2 aromatic heterocycles. The van der Waals surface area contributed by atoms with E-state index >= 15 is 0 Å². The lowest BCUT2D eigenvalue weighted by molar-refractivity contribution is -0.137. The maximum atomic E-state index is 14.8. The highest BCUT2D eigenvalue weighted by Gasteiger charge is 2.30. The average Bonchev–Trinajstić information content (AvgIpc) is 3.16. The average molecular weight is 497 g/mol. The van der Waals surface area contributed by atoms with Gasteiger partial charge < -0.3 is 9.88 Å². The van der Waals surface area contributed by atoms with E-state index in [9.17, 15) is 22.4 Å². The molecule has 1 aliphatic rings. The number of anilines is 1. The highest BCUT2D eigenvalue weighted by Crippen LogP contribution is 2.35. The quantitative estimate of drug-likeness (QED) is 0.246. The SMILES string of the molecule is C[C@@H](Nc1nc(C=O)nc2nc(-c3ccccc3F)n(Cc3ccc(C(F)(F)F)cc3)c12)C1CCC1. The molecule has 0 saturated heterocycles. The molecule has 0 radical (unpaired) electrons. The number of benzene rings is 2. The van der Waals surface area contributed by atoms with Gasteiger partial charge in [-0.3, -0.25) is 4.79 Å². The van der Waals surface area contributed by atoms with Crippen molar-refractivity contribution in [3.63, 3.8) is 0 Å². The van der Waals surface area contributed by atoms with Crippen LogP contribution in [0, 0.1) is 11.7 Å². The van der Waals surface area contributed by atoms with Gasteiger partial charge in [0.25, 0.3) is 0 Å². The van der Waals surface area contributed by atoms with E-state index in [1.165, 1.54) is 18.2 Å². The van der Waals surface area contributed by atoms with Crippen LogP contribution in [0.25, 0.3) is 22.6 Å². The Morgan fingerprint density at radius 1 is 1.08 bits per heavy atom. The molecule has 0 spiro atoms. The topological polar surface area (TPSA) is 72.7 Å². The summed E-state index contributed by atoms with van der Waals surface area (Å²) < 4.78 is 55.7. The van der Waals surface area contributed by atoms with E-state index in [4.69, 9.17) is 0 Å². The van der Waals surface area contributed by atoms with Crippen LogP contribution in [0.15, 0.2) is 48.5 Å². The fourth-order valence-electron chi connectivity index (χ4n) is 4.46. The molecule has 1 fully saturated rings. The predicted molar refractivity (Wildman–Crippen MR) is 127 cm³/mol. The first-order chi connectivity index (χ1) is 17.2. The summed E-state index contributed by atoms with van der Waals surface area (Å²) in [6.07, 6.45) is -0.621. The highest BCUT2D eigenvalue weighted by atomic mass is 19.4. The van der Waals surface area contributed by atoms with E-state index in [0.717, 1.165) is 31.4 Å². The third-order valence-electron chi connectivity index (χ3n) is 6.68. The van der Waals surface area contributed by atoms with Crippen molar-refractivity contribution in [1.82, 2.24) is 19.5 Å². The summed E-state index contributed by atoms with van der Waals surface area (Å²) in [5.74, 6) is 0.489. The molecule has 2 aromatic carbocycles. The van der Waals surface area contributed by atoms with E-state index in [-0.39, 0.29) is 35.4 Å². The monoisotopic (exact) mass is 497 g/mol. The van der Waals surface area contributed by atoms with Crippen molar-refractivity contribution in [2.45, 2.75) is 44.9 Å². The molecule has 5 rings (SSSR count). The van der Waals surface area contributed by atoms with Gasteiger partial charge in [0, 0.05) is 12.6 Å². The standard InChI is InChI=1S/C26H23F4N5O/c1-15(17-5-4-6-17)31-23-22-24(33-21(14-36)32-23)34-25(19-7-2-3-8-20(19)27)35(22)13-16-9-11-18(12-10-16)26(28,29)30/h2-3,7-12,14-15,17H,4-6,13H2,1H3,(H,31,32,33)/t15-/m1/s1. The lowest BCUT2D eigenvalue weighted by Gasteiger charge is -2.32. The van der Waals surface area contributed by atoms with Crippen LogP contribution in [-0.2, 0) is 12.7 Å².